The van der Waals surface area contributed by atoms with E-state index in [1.54, 1.807) is 0 Å². The number of halogens is 1. The number of hydrogen-bond donors (Lipinski definition) is 1. The minimum atomic E-state index is -0.0405. The average Bonchev–Trinajstić information content (AvgIpc) is 3.33. The quantitative estimate of drug-likeness (QED) is 0.250. The third-order valence-corrected chi connectivity index (χ3v) is 7.94. The lowest BCUT2D eigenvalue weighted by Crippen LogP contribution is -2.49. The highest BCUT2D eigenvalue weighted by atomic mass is 35.5. The van der Waals surface area contributed by atoms with Crippen molar-refractivity contribution >= 4 is 29.0 Å². The van der Waals surface area contributed by atoms with E-state index in [4.69, 9.17) is 16.6 Å². The van der Waals surface area contributed by atoms with Gasteiger partial charge < -0.3 is 14.6 Å². The number of para-hydroxylation sites is 1. The van der Waals surface area contributed by atoms with Crippen molar-refractivity contribution in [2.45, 2.75) is 20.4 Å². The second kappa shape index (κ2) is 11.2. The van der Waals surface area contributed by atoms with E-state index in [9.17, 15) is 4.79 Å². The molecule has 6 rings (SSSR count). The SMILES string of the molecule is Cc1cccc(C)c1NC(=O)N1CCN(Cc2c(-c3ccc(Cl)cc3)nc3ccc(-c4ccccc4)cn23)CC1. The van der Waals surface area contributed by atoms with E-state index in [0.29, 0.717) is 18.1 Å². The van der Waals surface area contributed by atoms with Gasteiger partial charge >= 0.3 is 6.03 Å². The number of amides is 2. The first-order chi connectivity index (χ1) is 19.5. The van der Waals surface area contributed by atoms with Gasteiger partial charge in [0, 0.05) is 55.2 Å². The van der Waals surface area contributed by atoms with Crippen molar-refractivity contribution in [3.8, 4) is 22.4 Å². The molecule has 1 N–H and O–H groups in total. The van der Waals surface area contributed by atoms with Gasteiger partial charge in [0.1, 0.15) is 5.65 Å². The smallest absolute Gasteiger partial charge is 0.321 e. The van der Waals surface area contributed by atoms with Crippen molar-refractivity contribution in [1.82, 2.24) is 19.2 Å². The number of anilines is 1. The van der Waals surface area contributed by atoms with Crippen molar-refractivity contribution in [2.75, 3.05) is 31.5 Å². The van der Waals surface area contributed by atoms with Crippen LogP contribution in [0.2, 0.25) is 5.02 Å². The maximum atomic E-state index is 13.1. The molecule has 2 amide bonds. The molecule has 7 heteroatoms. The Kier molecular flexibility index (Phi) is 7.29. The predicted molar refractivity (Wildman–Crippen MR) is 163 cm³/mol. The summed E-state index contributed by atoms with van der Waals surface area (Å²) in [5, 5.41) is 3.84. The number of carbonyl (C=O) groups is 1. The van der Waals surface area contributed by atoms with E-state index in [2.05, 4.69) is 57.2 Å². The molecule has 1 aliphatic heterocycles. The van der Waals surface area contributed by atoms with Crippen molar-refractivity contribution < 1.29 is 4.79 Å². The van der Waals surface area contributed by atoms with Crippen LogP contribution in [-0.4, -0.2) is 51.4 Å². The Hall–Kier alpha value is -4.13. The standard InChI is InChI=1S/C33H32ClN5O/c1-23-7-6-8-24(2)31(23)36-33(40)38-19-17-37(18-20-38)22-29-32(26-11-14-28(34)15-12-26)35-30-16-13-27(21-39(29)30)25-9-4-3-5-10-25/h3-16,21H,17-20,22H2,1-2H3,(H,36,40). The van der Waals surface area contributed by atoms with Crippen LogP contribution in [0, 0.1) is 13.8 Å². The Labute approximate surface area is 239 Å². The minimum absolute atomic E-state index is 0.0405. The zero-order chi connectivity index (χ0) is 27.6. The fraction of sp³-hybridized carbons (Fsp3) is 0.212. The van der Waals surface area contributed by atoms with Crippen LogP contribution in [0.15, 0.2) is 91.1 Å². The Morgan fingerprint density at radius 3 is 2.17 bits per heavy atom. The first-order valence-electron chi connectivity index (χ1n) is 13.6. The van der Waals surface area contributed by atoms with Gasteiger partial charge in [-0.25, -0.2) is 9.78 Å². The number of fused-ring (bicyclic) bond motifs is 1. The Bertz CT molecular complexity index is 1630. The van der Waals surface area contributed by atoms with Crippen LogP contribution in [0.1, 0.15) is 16.8 Å². The topological polar surface area (TPSA) is 52.9 Å². The number of aryl methyl sites for hydroxylation is 2. The summed E-state index contributed by atoms with van der Waals surface area (Å²) < 4.78 is 2.21. The normalized spacial score (nSPS) is 14.0. The molecule has 3 aromatic carbocycles. The Balaban J connectivity index is 1.25. The molecule has 5 aromatic rings. The first kappa shape index (κ1) is 26.1. The minimum Gasteiger partial charge on any atom is -0.322 e. The number of nitrogens with one attached hydrogen (secondary N) is 1. The summed E-state index contributed by atoms with van der Waals surface area (Å²) in [5.74, 6) is 0. The van der Waals surface area contributed by atoms with Crippen LogP contribution < -0.4 is 5.32 Å². The molecule has 3 heterocycles. The van der Waals surface area contributed by atoms with E-state index in [-0.39, 0.29) is 6.03 Å². The molecule has 2 aromatic heterocycles. The van der Waals surface area contributed by atoms with E-state index < -0.39 is 0 Å². The number of rotatable bonds is 5. The largest absolute Gasteiger partial charge is 0.322 e. The molecular weight excluding hydrogens is 518 g/mol. The summed E-state index contributed by atoms with van der Waals surface area (Å²) in [6, 6.07) is 28.5. The maximum absolute atomic E-state index is 13.1. The summed E-state index contributed by atoms with van der Waals surface area (Å²) in [4.78, 5) is 22.4. The predicted octanol–water partition coefficient (Wildman–Crippen LogP) is 7.29. The number of aromatic nitrogens is 2. The van der Waals surface area contributed by atoms with Gasteiger partial charge in [-0.1, -0.05) is 72.3 Å². The second-order valence-corrected chi connectivity index (χ2v) is 10.8. The number of benzene rings is 3. The molecule has 0 bridgehead atoms. The van der Waals surface area contributed by atoms with Gasteiger partial charge in [-0.15, -0.1) is 0 Å². The zero-order valence-corrected chi connectivity index (χ0v) is 23.5. The molecule has 0 unspecified atom stereocenters. The summed E-state index contributed by atoms with van der Waals surface area (Å²) in [7, 11) is 0. The molecule has 202 valence electrons. The molecule has 1 saturated heterocycles. The molecule has 0 spiro atoms. The molecule has 0 aliphatic carbocycles. The molecule has 40 heavy (non-hydrogen) atoms. The summed E-state index contributed by atoms with van der Waals surface area (Å²) >= 11 is 6.20. The number of imidazole rings is 1. The van der Waals surface area contributed by atoms with Crippen LogP contribution in [-0.2, 0) is 6.54 Å². The van der Waals surface area contributed by atoms with Crippen LogP contribution in [0.3, 0.4) is 0 Å². The van der Waals surface area contributed by atoms with Gasteiger partial charge in [0.15, 0.2) is 0 Å². The van der Waals surface area contributed by atoms with E-state index in [1.165, 1.54) is 5.56 Å². The maximum Gasteiger partial charge on any atom is 0.321 e. The monoisotopic (exact) mass is 549 g/mol. The molecule has 0 radical (unpaired) electrons. The number of urea groups is 1. The van der Waals surface area contributed by atoms with Gasteiger partial charge in [0.25, 0.3) is 0 Å². The molecule has 1 aliphatic rings. The van der Waals surface area contributed by atoms with Crippen LogP contribution in [0.25, 0.3) is 28.0 Å². The summed E-state index contributed by atoms with van der Waals surface area (Å²) in [6.45, 7) is 7.68. The van der Waals surface area contributed by atoms with E-state index >= 15 is 0 Å². The highest BCUT2D eigenvalue weighted by molar-refractivity contribution is 6.30. The van der Waals surface area contributed by atoms with Gasteiger partial charge in [0.2, 0.25) is 0 Å². The molecule has 6 nitrogen and oxygen atoms in total. The number of piperazine rings is 1. The third-order valence-electron chi connectivity index (χ3n) is 7.69. The highest BCUT2D eigenvalue weighted by Crippen LogP contribution is 2.29. The lowest BCUT2D eigenvalue weighted by molar-refractivity contribution is 0.142. The van der Waals surface area contributed by atoms with Gasteiger partial charge in [0.05, 0.1) is 11.4 Å². The lowest BCUT2D eigenvalue weighted by Gasteiger charge is -2.35. The average molecular weight is 550 g/mol. The van der Waals surface area contributed by atoms with Crippen LogP contribution >= 0.6 is 11.6 Å². The Morgan fingerprint density at radius 2 is 1.48 bits per heavy atom. The van der Waals surface area contributed by atoms with Crippen LogP contribution in [0.4, 0.5) is 10.5 Å². The summed E-state index contributed by atoms with van der Waals surface area (Å²) in [5.41, 5.74) is 9.39. The number of carbonyl (C=O) groups excluding carboxylic acids is 1. The second-order valence-electron chi connectivity index (χ2n) is 10.4. The lowest BCUT2D eigenvalue weighted by atomic mass is 10.1. The van der Waals surface area contributed by atoms with Crippen molar-refractivity contribution in [3.05, 3.63) is 113 Å². The Morgan fingerprint density at radius 1 is 0.800 bits per heavy atom. The molecular formula is C33H32ClN5O. The summed E-state index contributed by atoms with van der Waals surface area (Å²) in [6.07, 6.45) is 2.18. The van der Waals surface area contributed by atoms with Crippen molar-refractivity contribution in [1.29, 1.82) is 0 Å². The zero-order valence-electron chi connectivity index (χ0n) is 22.8. The van der Waals surface area contributed by atoms with Gasteiger partial charge in [-0.05, 0) is 60.4 Å². The molecule has 0 saturated carbocycles. The highest BCUT2D eigenvalue weighted by Gasteiger charge is 2.24. The number of nitrogens with zero attached hydrogens (tertiary/aromatic N) is 4. The number of pyridine rings is 1. The van der Waals surface area contributed by atoms with Gasteiger partial charge in [-0.3, -0.25) is 4.90 Å². The van der Waals surface area contributed by atoms with E-state index in [1.807, 2.05) is 67.3 Å². The first-order valence-corrected chi connectivity index (χ1v) is 14.0. The van der Waals surface area contributed by atoms with E-state index in [0.717, 1.165) is 64.6 Å². The van der Waals surface area contributed by atoms with Crippen molar-refractivity contribution in [2.24, 2.45) is 0 Å². The fourth-order valence-corrected chi connectivity index (χ4v) is 5.53. The van der Waals surface area contributed by atoms with Crippen LogP contribution in [0.5, 0.6) is 0 Å². The number of hydrogen-bond acceptors (Lipinski definition) is 3. The molecule has 0 atom stereocenters. The third kappa shape index (κ3) is 5.33. The molecule has 1 fully saturated rings. The van der Waals surface area contributed by atoms with Crippen molar-refractivity contribution in [3.63, 3.8) is 0 Å². The fourth-order valence-electron chi connectivity index (χ4n) is 5.40. The van der Waals surface area contributed by atoms with Gasteiger partial charge in [-0.2, -0.15) is 0 Å².